The first kappa shape index (κ1) is 11.6. The highest BCUT2D eigenvalue weighted by molar-refractivity contribution is 5.91. The molecule has 0 radical (unpaired) electrons. The standard InChI is InChI=1S/C13H14O4/c14-11-5-1-2-6-12(11)17-13(15)8-7-10-4-3-9-16-10/h3-4,7-9,12H,1-2,5-6H2. The molecule has 1 aliphatic carbocycles. The van der Waals surface area contributed by atoms with Crippen LogP contribution in [0.3, 0.4) is 0 Å². The molecule has 1 atom stereocenters. The molecule has 1 fully saturated rings. The van der Waals surface area contributed by atoms with Crippen LogP contribution in [0.2, 0.25) is 0 Å². The second kappa shape index (κ2) is 5.48. The van der Waals surface area contributed by atoms with Crippen LogP contribution in [0.25, 0.3) is 6.08 Å². The third-order valence-corrected chi connectivity index (χ3v) is 2.68. The van der Waals surface area contributed by atoms with Crippen LogP contribution in [0.5, 0.6) is 0 Å². The quantitative estimate of drug-likeness (QED) is 0.595. The zero-order chi connectivity index (χ0) is 12.1. The van der Waals surface area contributed by atoms with E-state index in [0.717, 1.165) is 12.8 Å². The highest BCUT2D eigenvalue weighted by Crippen LogP contribution is 2.17. The molecule has 90 valence electrons. The molecule has 1 aliphatic rings. The van der Waals surface area contributed by atoms with Crippen LogP contribution in [0.15, 0.2) is 28.9 Å². The fourth-order valence-corrected chi connectivity index (χ4v) is 1.79. The van der Waals surface area contributed by atoms with E-state index in [1.54, 1.807) is 12.1 Å². The second-order valence-electron chi connectivity index (χ2n) is 3.99. The van der Waals surface area contributed by atoms with E-state index in [4.69, 9.17) is 9.15 Å². The molecule has 1 saturated carbocycles. The van der Waals surface area contributed by atoms with E-state index in [0.29, 0.717) is 18.6 Å². The number of rotatable bonds is 3. The van der Waals surface area contributed by atoms with E-state index < -0.39 is 12.1 Å². The first-order chi connectivity index (χ1) is 8.25. The Morgan fingerprint density at radius 3 is 3.06 bits per heavy atom. The maximum Gasteiger partial charge on any atom is 0.331 e. The Kier molecular flexibility index (Phi) is 3.75. The number of furan rings is 1. The smallest absolute Gasteiger partial charge is 0.331 e. The summed E-state index contributed by atoms with van der Waals surface area (Å²) in [6.45, 7) is 0. The minimum Gasteiger partial charge on any atom is -0.465 e. The van der Waals surface area contributed by atoms with Gasteiger partial charge in [-0.1, -0.05) is 0 Å². The van der Waals surface area contributed by atoms with Crippen molar-refractivity contribution in [2.45, 2.75) is 31.8 Å². The molecule has 1 unspecified atom stereocenters. The molecule has 1 aromatic heterocycles. The van der Waals surface area contributed by atoms with Gasteiger partial charge in [-0.2, -0.15) is 0 Å². The van der Waals surface area contributed by atoms with Crippen LogP contribution in [0, 0.1) is 0 Å². The van der Waals surface area contributed by atoms with Crippen LogP contribution >= 0.6 is 0 Å². The van der Waals surface area contributed by atoms with Gasteiger partial charge in [0.15, 0.2) is 11.9 Å². The third kappa shape index (κ3) is 3.31. The highest BCUT2D eigenvalue weighted by atomic mass is 16.5. The van der Waals surface area contributed by atoms with Crippen LogP contribution in [0.4, 0.5) is 0 Å². The van der Waals surface area contributed by atoms with E-state index in [2.05, 4.69) is 0 Å². The number of hydrogen-bond donors (Lipinski definition) is 0. The first-order valence-corrected chi connectivity index (χ1v) is 5.70. The average Bonchev–Trinajstić information content (AvgIpc) is 2.82. The van der Waals surface area contributed by atoms with Gasteiger partial charge in [-0.15, -0.1) is 0 Å². The molecule has 0 spiro atoms. The Balaban J connectivity index is 1.86. The van der Waals surface area contributed by atoms with Gasteiger partial charge in [-0.25, -0.2) is 4.79 Å². The average molecular weight is 234 g/mol. The molecule has 0 amide bonds. The van der Waals surface area contributed by atoms with Crippen molar-refractivity contribution in [3.05, 3.63) is 30.2 Å². The number of ketones is 1. The monoisotopic (exact) mass is 234 g/mol. The van der Waals surface area contributed by atoms with E-state index in [-0.39, 0.29) is 5.78 Å². The van der Waals surface area contributed by atoms with Gasteiger partial charge in [0, 0.05) is 12.5 Å². The molecule has 0 aromatic carbocycles. The Labute approximate surface area is 99.3 Å². The number of carbonyl (C=O) groups excluding carboxylic acids is 2. The lowest BCUT2D eigenvalue weighted by molar-refractivity contribution is -0.152. The Bertz CT molecular complexity index is 417. The van der Waals surface area contributed by atoms with Crippen molar-refractivity contribution in [1.82, 2.24) is 0 Å². The van der Waals surface area contributed by atoms with Crippen LogP contribution in [0.1, 0.15) is 31.4 Å². The molecule has 17 heavy (non-hydrogen) atoms. The summed E-state index contributed by atoms with van der Waals surface area (Å²) in [6, 6.07) is 3.46. The molecule has 0 N–H and O–H groups in total. The minimum atomic E-state index is -0.558. The summed E-state index contributed by atoms with van der Waals surface area (Å²) in [5.74, 6) is 0.106. The lowest BCUT2D eigenvalue weighted by Crippen LogP contribution is -2.29. The fraction of sp³-hybridized carbons (Fsp3) is 0.385. The van der Waals surface area contributed by atoms with Gasteiger partial charge in [-0.3, -0.25) is 4.79 Å². The lowest BCUT2D eigenvalue weighted by atomic mass is 9.96. The molecule has 2 rings (SSSR count). The fourth-order valence-electron chi connectivity index (χ4n) is 1.79. The number of Topliss-reactive ketones (excluding diaryl/α,β-unsaturated/α-hetero) is 1. The lowest BCUT2D eigenvalue weighted by Gasteiger charge is -2.19. The predicted molar refractivity (Wildman–Crippen MR) is 61.1 cm³/mol. The van der Waals surface area contributed by atoms with Gasteiger partial charge in [0.1, 0.15) is 5.76 Å². The topological polar surface area (TPSA) is 56.5 Å². The van der Waals surface area contributed by atoms with Gasteiger partial charge < -0.3 is 9.15 Å². The second-order valence-corrected chi connectivity index (χ2v) is 3.99. The number of ether oxygens (including phenoxy) is 1. The first-order valence-electron chi connectivity index (χ1n) is 5.70. The number of esters is 1. The highest BCUT2D eigenvalue weighted by Gasteiger charge is 2.24. The Hall–Kier alpha value is -1.84. The molecule has 0 saturated heterocycles. The third-order valence-electron chi connectivity index (χ3n) is 2.68. The van der Waals surface area contributed by atoms with Crippen LogP contribution < -0.4 is 0 Å². The summed E-state index contributed by atoms with van der Waals surface area (Å²) in [5.41, 5.74) is 0. The molecule has 4 nitrogen and oxygen atoms in total. The van der Waals surface area contributed by atoms with Crippen molar-refractivity contribution >= 4 is 17.8 Å². The van der Waals surface area contributed by atoms with Crippen LogP contribution in [-0.4, -0.2) is 17.9 Å². The number of carbonyl (C=O) groups is 2. The van der Waals surface area contributed by atoms with Crippen molar-refractivity contribution in [1.29, 1.82) is 0 Å². The van der Waals surface area contributed by atoms with Crippen molar-refractivity contribution < 1.29 is 18.7 Å². The summed E-state index contributed by atoms with van der Waals surface area (Å²) in [7, 11) is 0. The molecule has 1 heterocycles. The van der Waals surface area contributed by atoms with Crippen LogP contribution in [-0.2, 0) is 14.3 Å². The van der Waals surface area contributed by atoms with Gasteiger partial charge >= 0.3 is 5.97 Å². The van der Waals surface area contributed by atoms with Gasteiger partial charge in [0.05, 0.1) is 6.26 Å². The SMILES string of the molecule is O=C(C=Cc1ccco1)OC1CCCCC1=O. The zero-order valence-electron chi connectivity index (χ0n) is 9.43. The number of hydrogen-bond acceptors (Lipinski definition) is 4. The molecule has 0 aliphatic heterocycles. The molecule has 1 aromatic rings. The normalized spacial score (nSPS) is 20.7. The Morgan fingerprint density at radius 1 is 1.47 bits per heavy atom. The van der Waals surface area contributed by atoms with E-state index >= 15 is 0 Å². The maximum absolute atomic E-state index is 11.4. The predicted octanol–water partition coefficient (Wildman–Crippen LogP) is 2.35. The molecular weight excluding hydrogens is 220 g/mol. The Morgan fingerprint density at radius 2 is 2.35 bits per heavy atom. The van der Waals surface area contributed by atoms with Gasteiger partial charge in [-0.05, 0) is 37.5 Å². The molecule has 0 bridgehead atoms. The van der Waals surface area contributed by atoms with Crippen molar-refractivity contribution in [2.75, 3.05) is 0 Å². The van der Waals surface area contributed by atoms with E-state index in [9.17, 15) is 9.59 Å². The molecular formula is C13H14O4. The molecule has 4 heteroatoms. The van der Waals surface area contributed by atoms with Crippen molar-refractivity contribution in [3.8, 4) is 0 Å². The summed E-state index contributed by atoms with van der Waals surface area (Å²) < 4.78 is 10.1. The minimum absolute atomic E-state index is 0.0241. The van der Waals surface area contributed by atoms with E-state index in [1.807, 2.05) is 0 Å². The largest absolute Gasteiger partial charge is 0.465 e. The maximum atomic E-state index is 11.4. The summed E-state index contributed by atoms with van der Waals surface area (Å²) in [5, 5.41) is 0. The van der Waals surface area contributed by atoms with E-state index in [1.165, 1.54) is 18.4 Å². The zero-order valence-corrected chi connectivity index (χ0v) is 9.43. The summed E-state index contributed by atoms with van der Waals surface area (Å²) >= 11 is 0. The van der Waals surface area contributed by atoms with Crippen molar-refractivity contribution in [2.24, 2.45) is 0 Å². The van der Waals surface area contributed by atoms with Gasteiger partial charge in [0.2, 0.25) is 0 Å². The van der Waals surface area contributed by atoms with Gasteiger partial charge in [0.25, 0.3) is 0 Å². The van der Waals surface area contributed by atoms with Crippen molar-refractivity contribution in [3.63, 3.8) is 0 Å². The summed E-state index contributed by atoms with van der Waals surface area (Å²) in [6.07, 6.45) is 6.75. The summed E-state index contributed by atoms with van der Waals surface area (Å²) in [4.78, 5) is 22.9.